The maximum Gasteiger partial charge on any atom is 0.320 e. The van der Waals surface area contributed by atoms with Crippen LogP contribution in [-0.2, 0) is 14.3 Å². The van der Waals surface area contributed by atoms with E-state index in [4.69, 9.17) is 4.74 Å². The van der Waals surface area contributed by atoms with Gasteiger partial charge in [-0.2, -0.15) is 0 Å². The Morgan fingerprint density at radius 3 is 2.33 bits per heavy atom. The number of ether oxygens (including phenoxy) is 1. The molecule has 0 saturated carbocycles. The minimum absolute atomic E-state index is 0.0816. The molecular formula is C16H24N2O3. The number of esters is 1. The maximum atomic E-state index is 12.0. The Kier molecular flexibility index (Phi) is 6.88. The van der Waals surface area contributed by atoms with Crippen molar-refractivity contribution in [3.05, 3.63) is 29.8 Å². The van der Waals surface area contributed by atoms with Crippen LogP contribution in [0.2, 0.25) is 0 Å². The monoisotopic (exact) mass is 292 g/mol. The maximum absolute atomic E-state index is 12.0. The molecule has 0 bridgehead atoms. The molecule has 0 aliphatic heterocycles. The summed E-state index contributed by atoms with van der Waals surface area (Å²) in [6.45, 7) is 8.27. The van der Waals surface area contributed by atoms with E-state index in [1.807, 2.05) is 45.0 Å². The molecule has 0 aliphatic rings. The van der Waals surface area contributed by atoms with Crippen LogP contribution >= 0.6 is 0 Å². The summed E-state index contributed by atoms with van der Waals surface area (Å²) in [6, 6.07) is 7.68. The number of hydrogen-bond donors (Lipinski definition) is 1. The first-order valence-electron chi connectivity index (χ1n) is 7.18. The van der Waals surface area contributed by atoms with Crippen molar-refractivity contribution in [3.63, 3.8) is 0 Å². The molecule has 0 atom stereocenters. The zero-order valence-corrected chi connectivity index (χ0v) is 13.2. The lowest BCUT2D eigenvalue weighted by atomic mass is 10.2. The van der Waals surface area contributed by atoms with E-state index < -0.39 is 0 Å². The lowest BCUT2D eigenvalue weighted by molar-refractivity contribution is -0.145. The highest BCUT2D eigenvalue weighted by Crippen LogP contribution is 2.09. The van der Waals surface area contributed by atoms with E-state index in [9.17, 15) is 9.59 Å². The smallest absolute Gasteiger partial charge is 0.320 e. The fraction of sp³-hybridized carbons (Fsp3) is 0.500. The molecule has 0 aliphatic carbocycles. The Morgan fingerprint density at radius 2 is 1.81 bits per heavy atom. The number of amides is 1. The minimum Gasteiger partial charge on any atom is -0.465 e. The molecule has 0 spiro atoms. The van der Waals surface area contributed by atoms with E-state index in [-0.39, 0.29) is 31.0 Å². The largest absolute Gasteiger partial charge is 0.465 e. The fourth-order valence-electron chi connectivity index (χ4n) is 1.82. The molecule has 1 amide bonds. The predicted molar refractivity (Wildman–Crippen MR) is 83.2 cm³/mol. The number of aryl methyl sites for hydroxylation is 1. The molecule has 5 heteroatoms. The van der Waals surface area contributed by atoms with Crippen molar-refractivity contribution in [1.82, 2.24) is 4.90 Å². The molecule has 1 aromatic rings. The molecule has 0 aromatic heterocycles. The third kappa shape index (κ3) is 6.40. The number of carbonyl (C=O) groups excluding carboxylic acids is 2. The summed E-state index contributed by atoms with van der Waals surface area (Å²) in [6.07, 6.45) is 0. The van der Waals surface area contributed by atoms with Gasteiger partial charge < -0.3 is 10.1 Å². The van der Waals surface area contributed by atoms with E-state index >= 15 is 0 Å². The molecule has 21 heavy (non-hydrogen) atoms. The van der Waals surface area contributed by atoms with Crippen LogP contribution in [0.25, 0.3) is 0 Å². The molecule has 116 valence electrons. The Balaban J connectivity index is 2.56. The highest BCUT2D eigenvalue weighted by molar-refractivity contribution is 5.92. The van der Waals surface area contributed by atoms with Crippen LogP contribution in [-0.4, -0.2) is 42.5 Å². The molecule has 1 N–H and O–H groups in total. The Morgan fingerprint density at radius 1 is 1.19 bits per heavy atom. The highest BCUT2D eigenvalue weighted by atomic mass is 16.5. The van der Waals surface area contributed by atoms with Crippen molar-refractivity contribution in [2.24, 2.45) is 0 Å². The average molecular weight is 292 g/mol. The third-order valence-electron chi connectivity index (χ3n) is 3.05. The van der Waals surface area contributed by atoms with Gasteiger partial charge in [0.05, 0.1) is 19.7 Å². The fourth-order valence-corrected chi connectivity index (χ4v) is 1.82. The summed E-state index contributed by atoms with van der Waals surface area (Å²) < 4.78 is 4.92. The first-order chi connectivity index (χ1) is 9.92. The van der Waals surface area contributed by atoms with Crippen LogP contribution in [0.3, 0.4) is 0 Å². The van der Waals surface area contributed by atoms with Gasteiger partial charge in [0.2, 0.25) is 5.91 Å². The van der Waals surface area contributed by atoms with Crippen molar-refractivity contribution in [2.45, 2.75) is 33.7 Å². The van der Waals surface area contributed by atoms with E-state index in [2.05, 4.69) is 5.32 Å². The van der Waals surface area contributed by atoms with Gasteiger partial charge in [0.1, 0.15) is 0 Å². The van der Waals surface area contributed by atoms with E-state index in [0.717, 1.165) is 11.3 Å². The van der Waals surface area contributed by atoms with Crippen LogP contribution in [0.1, 0.15) is 26.3 Å². The molecule has 0 unspecified atom stereocenters. The van der Waals surface area contributed by atoms with Gasteiger partial charge in [-0.1, -0.05) is 17.7 Å². The molecule has 1 aromatic carbocycles. The van der Waals surface area contributed by atoms with Gasteiger partial charge >= 0.3 is 5.97 Å². The first-order valence-corrected chi connectivity index (χ1v) is 7.18. The van der Waals surface area contributed by atoms with Crippen LogP contribution in [0.4, 0.5) is 5.69 Å². The van der Waals surface area contributed by atoms with Gasteiger partial charge in [0.15, 0.2) is 0 Å². The molecular weight excluding hydrogens is 268 g/mol. The lowest BCUT2D eigenvalue weighted by Gasteiger charge is -2.24. The average Bonchev–Trinajstić information content (AvgIpc) is 2.41. The van der Waals surface area contributed by atoms with Crippen LogP contribution < -0.4 is 5.32 Å². The van der Waals surface area contributed by atoms with Crippen molar-refractivity contribution in [3.8, 4) is 0 Å². The Hall–Kier alpha value is -1.88. The summed E-state index contributed by atoms with van der Waals surface area (Å²) in [5.74, 6) is -0.453. The van der Waals surface area contributed by atoms with Gasteiger partial charge in [-0.3, -0.25) is 14.5 Å². The SMILES string of the molecule is CCOC(=O)CN(CC(=O)Nc1ccc(C)cc1)C(C)C. The standard InChI is InChI=1S/C16H24N2O3/c1-5-21-16(20)11-18(12(2)3)10-15(19)17-14-8-6-13(4)7-9-14/h6-9,12H,5,10-11H2,1-4H3,(H,17,19). The zero-order valence-electron chi connectivity index (χ0n) is 13.2. The second-order valence-electron chi connectivity index (χ2n) is 5.22. The Bertz CT molecular complexity index is 469. The minimum atomic E-state index is -0.311. The zero-order chi connectivity index (χ0) is 15.8. The normalized spacial score (nSPS) is 10.8. The molecule has 0 fully saturated rings. The van der Waals surface area contributed by atoms with Gasteiger partial charge in [0.25, 0.3) is 0 Å². The van der Waals surface area contributed by atoms with Gasteiger partial charge in [0, 0.05) is 11.7 Å². The second-order valence-corrected chi connectivity index (χ2v) is 5.22. The number of anilines is 1. The summed E-state index contributed by atoms with van der Waals surface area (Å²) in [5, 5.41) is 2.83. The van der Waals surface area contributed by atoms with Crippen molar-refractivity contribution in [2.75, 3.05) is 25.0 Å². The third-order valence-corrected chi connectivity index (χ3v) is 3.05. The van der Waals surface area contributed by atoms with Crippen molar-refractivity contribution < 1.29 is 14.3 Å². The van der Waals surface area contributed by atoms with Crippen LogP contribution in [0.15, 0.2) is 24.3 Å². The van der Waals surface area contributed by atoms with Gasteiger partial charge in [-0.15, -0.1) is 0 Å². The summed E-state index contributed by atoms with van der Waals surface area (Å²) in [5.41, 5.74) is 1.89. The summed E-state index contributed by atoms with van der Waals surface area (Å²) >= 11 is 0. The van der Waals surface area contributed by atoms with Crippen molar-refractivity contribution >= 4 is 17.6 Å². The molecule has 0 radical (unpaired) electrons. The topological polar surface area (TPSA) is 58.6 Å². The van der Waals surface area contributed by atoms with E-state index in [1.165, 1.54) is 0 Å². The summed E-state index contributed by atoms with van der Waals surface area (Å²) in [4.78, 5) is 25.4. The molecule has 1 rings (SSSR count). The second kappa shape index (κ2) is 8.42. The molecule has 0 heterocycles. The van der Waals surface area contributed by atoms with E-state index in [0.29, 0.717) is 6.61 Å². The van der Waals surface area contributed by atoms with Crippen LogP contribution in [0, 0.1) is 6.92 Å². The molecule has 5 nitrogen and oxygen atoms in total. The van der Waals surface area contributed by atoms with Crippen LogP contribution in [0.5, 0.6) is 0 Å². The number of benzene rings is 1. The van der Waals surface area contributed by atoms with Gasteiger partial charge in [-0.05, 0) is 39.8 Å². The van der Waals surface area contributed by atoms with E-state index in [1.54, 1.807) is 11.8 Å². The number of rotatable bonds is 7. The quantitative estimate of drug-likeness (QED) is 0.783. The first kappa shape index (κ1) is 17.2. The molecule has 0 saturated heterocycles. The number of hydrogen-bond acceptors (Lipinski definition) is 4. The highest BCUT2D eigenvalue weighted by Gasteiger charge is 2.18. The van der Waals surface area contributed by atoms with Gasteiger partial charge in [-0.25, -0.2) is 0 Å². The number of nitrogens with zero attached hydrogens (tertiary/aromatic N) is 1. The predicted octanol–water partition coefficient (Wildman–Crippen LogP) is 2.21. The lowest BCUT2D eigenvalue weighted by Crippen LogP contribution is -2.41. The number of carbonyl (C=O) groups is 2. The number of nitrogens with one attached hydrogen (secondary N) is 1. The summed E-state index contributed by atoms with van der Waals surface area (Å²) in [7, 11) is 0. The Labute approximate surface area is 126 Å². The van der Waals surface area contributed by atoms with Crippen molar-refractivity contribution in [1.29, 1.82) is 0 Å².